The number of anilines is 2. The maximum absolute atomic E-state index is 11.5. The van der Waals surface area contributed by atoms with E-state index < -0.39 is 0 Å². The van der Waals surface area contributed by atoms with Crippen molar-refractivity contribution >= 4 is 27.8 Å². The average molecular weight is 256 g/mol. The van der Waals surface area contributed by atoms with Crippen LogP contribution in [0.2, 0.25) is 0 Å². The van der Waals surface area contributed by atoms with Crippen LogP contribution in [0.25, 0.3) is 0 Å². The Balaban J connectivity index is 3.26. The first kappa shape index (κ1) is 13.8. The Labute approximate surface area is 106 Å². The number of ether oxygens (including phenoxy) is 1. The molecule has 1 aromatic heterocycles. The first-order chi connectivity index (χ1) is 7.88. The van der Waals surface area contributed by atoms with Crippen LogP contribution in [-0.2, 0) is 0 Å². The number of hydrogen-bond donors (Lipinski definition) is 1. The van der Waals surface area contributed by atoms with Crippen LogP contribution in [0.4, 0.5) is 10.7 Å². The highest BCUT2D eigenvalue weighted by atomic mass is 32.1. The molecule has 96 valence electrons. The smallest absolute Gasteiger partial charge is 0.177 e. The van der Waals surface area contributed by atoms with E-state index >= 15 is 0 Å². The largest absolute Gasteiger partial charge is 0.486 e. The van der Waals surface area contributed by atoms with Crippen molar-refractivity contribution in [3.8, 4) is 5.75 Å². The van der Waals surface area contributed by atoms with E-state index in [9.17, 15) is 4.79 Å². The summed E-state index contributed by atoms with van der Waals surface area (Å²) >= 11 is 1.40. The SMILES string of the molecule is CCN(C)c1sc(C(C)=O)c(N)c1OC(C)C. The number of nitrogen functional groups attached to an aromatic ring is 1. The van der Waals surface area contributed by atoms with E-state index in [4.69, 9.17) is 10.5 Å². The zero-order valence-electron chi connectivity index (χ0n) is 11.0. The monoisotopic (exact) mass is 256 g/mol. The van der Waals surface area contributed by atoms with E-state index in [1.807, 2.05) is 32.7 Å². The van der Waals surface area contributed by atoms with E-state index in [2.05, 4.69) is 0 Å². The number of carbonyl (C=O) groups excluding carboxylic acids is 1. The van der Waals surface area contributed by atoms with Crippen molar-refractivity contribution in [2.75, 3.05) is 24.2 Å². The molecule has 1 aromatic rings. The Morgan fingerprint density at radius 1 is 1.53 bits per heavy atom. The van der Waals surface area contributed by atoms with Crippen LogP contribution in [0.3, 0.4) is 0 Å². The Morgan fingerprint density at radius 2 is 2.12 bits per heavy atom. The van der Waals surface area contributed by atoms with Gasteiger partial charge in [0.2, 0.25) is 0 Å². The van der Waals surface area contributed by atoms with Crippen LogP contribution >= 0.6 is 11.3 Å². The summed E-state index contributed by atoms with van der Waals surface area (Å²) in [5, 5.41) is 0.920. The normalized spacial score (nSPS) is 10.7. The van der Waals surface area contributed by atoms with E-state index in [0.29, 0.717) is 16.3 Å². The van der Waals surface area contributed by atoms with Crippen molar-refractivity contribution in [1.82, 2.24) is 0 Å². The Hall–Kier alpha value is -1.23. The van der Waals surface area contributed by atoms with Crippen molar-refractivity contribution in [3.05, 3.63) is 4.88 Å². The van der Waals surface area contributed by atoms with E-state index in [1.165, 1.54) is 18.3 Å². The maximum atomic E-state index is 11.5. The lowest BCUT2D eigenvalue weighted by Gasteiger charge is -2.18. The first-order valence-electron chi connectivity index (χ1n) is 5.69. The fourth-order valence-corrected chi connectivity index (χ4v) is 2.50. The fraction of sp³-hybridized carbons (Fsp3) is 0.583. The van der Waals surface area contributed by atoms with Gasteiger partial charge in [-0.15, -0.1) is 11.3 Å². The molecule has 0 atom stereocenters. The van der Waals surface area contributed by atoms with Gasteiger partial charge in [0.05, 0.1) is 16.7 Å². The minimum Gasteiger partial charge on any atom is -0.486 e. The number of rotatable bonds is 5. The molecule has 0 spiro atoms. The summed E-state index contributed by atoms with van der Waals surface area (Å²) in [6, 6.07) is 0. The van der Waals surface area contributed by atoms with Crippen LogP contribution in [0.1, 0.15) is 37.4 Å². The van der Waals surface area contributed by atoms with Gasteiger partial charge in [-0.05, 0) is 20.8 Å². The molecule has 0 aliphatic rings. The summed E-state index contributed by atoms with van der Waals surface area (Å²) in [7, 11) is 1.96. The number of Topliss-reactive ketones (excluding diaryl/α,β-unsaturated/α-hetero) is 1. The van der Waals surface area contributed by atoms with Crippen LogP contribution in [0.5, 0.6) is 5.75 Å². The van der Waals surface area contributed by atoms with Gasteiger partial charge in [0.1, 0.15) is 5.00 Å². The second-order valence-electron chi connectivity index (χ2n) is 4.22. The molecule has 0 saturated carbocycles. The molecular formula is C12H20N2O2S. The van der Waals surface area contributed by atoms with Crippen LogP contribution in [0, 0.1) is 0 Å². The summed E-state index contributed by atoms with van der Waals surface area (Å²) < 4.78 is 5.72. The average Bonchev–Trinajstić information content (AvgIpc) is 2.55. The third-order valence-electron chi connectivity index (χ3n) is 2.38. The van der Waals surface area contributed by atoms with Gasteiger partial charge in [0.25, 0.3) is 0 Å². The molecule has 1 heterocycles. The third kappa shape index (κ3) is 2.91. The zero-order chi connectivity index (χ0) is 13.2. The van der Waals surface area contributed by atoms with Crippen molar-refractivity contribution < 1.29 is 9.53 Å². The highest BCUT2D eigenvalue weighted by Crippen LogP contribution is 2.45. The summed E-state index contributed by atoms with van der Waals surface area (Å²) in [6.07, 6.45) is 0.0377. The molecule has 0 aromatic carbocycles. The minimum atomic E-state index is -0.0168. The van der Waals surface area contributed by atoms with Gasteiger partial charge in [-0.2, -0.15) is 0 Å². The van der Waals surface area contributed by atoms with Crippen molar-refractivity contribution in [2.45, 2.75) is 33.8 Å². The van der Waals surface area contributed by atoms with E-state index in [1.54, 1.807) is 0 Å². The lowest BCUT2D eigenvalue weighted by Crippen LogP contribution is -2.16. The molecule has 17 heavy (non-hydrogen) atoms. The quantitative estimate of drug-likeness (QED) is 0.823. The summed E-state index contributed by atoms with van der Waals surface area (Å²) in [6.45, 7) is 8.30. The standard InChI is InChI=1S/C12H20N2O2S/c1-6-14(5)12-10(16-7(2)3)9(13)11(17-12)8(4)15/h7H,6,13H2,1-5H3. The fourth-order valence-electron chi connectivity index (χ4n) is 1.42. The lowest BCUT2D eigenvalue weighted by atomic mass is 10.3. The molecule has 0 aliphatic carbocycles. The first-order valence-corrected chi connectivity index (χ1v) is 6.51. The van der Waals surface area contributed by atoms with Crippen molar-refractivity contribution in [1.29, 1.82) is 0 Å². The van der Waals surface area contributed by atoms with Gasteiger partial charge in [0, 0.05) is 20.5 Å². The minimum absolute atomic E-state index is 0.0168. The number of nitrogens with zero attached hydrogens (tertiary/aromatic N) is 1. The van der Waals surface area contributed by atoms with Crippen LogP contribution < -0.4 is 15.4 Å². The zero-order valence-corrected chi connectivity index (χ0v) is 11.9. The number of ketones is 1. The van der Waals surface area contributed by atoms with Gasteiger partial charge >= 0.3 is 0 Å². The molecule has 0 radical (unpaired) electrons. The van der Waals surface area contributed by atoms with Crippen molar-refractivity contribution in [2.24, 2.45) is 0 Å². The number of hydrogen-bond acceptors (Lipinski definition) is 5. The predicted octanol–water partition coefficient (Wildman–Crippen LogP) is 2.78. The summed E-state index contributed by atoms with van der Waals surface area (Å²) in [5.41, 5.74) is 6.45. The van der Waals surface area contributed by atoms with Crippen LogP contribution in [-0.4, -0.2) is 25.5 Å². The number of thiophene rings is 1. The molecule has 0 amide bonds. The third-order valence-corrected chi connectivity index (χ3v) is 3.78. The second-order valence-corrected chi connectivity index (χ2v) is 5.22. The molecule has 0 saturated heterocycles. The molecule has 5 heteroatoms. The number of carbonyl (C=O) groups is 1. The molecule has 0 bridgehead atoms. The number of nitrogens with two attached hydrogens (primary N) is 1. The van der Waals surface area contributed by atoms with Gasteiger partial charge in [-0.1, -0.05) is 0 Å². The molecule has 1 rings (SSSR count). The van der Waals surface area contributed by atoms with Crippen molar-refractivity contribution in [3.63, 3.8) is 0 Å². The van der Waals surface area contributed by atoms with Gasteiger partial charge in [-0.3, -0.25) is 4.79 Å². The van der Waals surface area contributed by atoms with Gasteiger partial charge < -0.3 is 15.4 Å². The van der Waals surface area contributed by atoms with E-state index in [-0.39, 0.29) is 11.9 Å². The van der Waals surface area contributed by atoms with E-state index in [0.717, 1.165) is 11.5 Å². The second kappa shape index (κ2) is 5.40. The molecule has 0 fully saturated rings. The maximum Gasteiger partial charge on any atom is 0.177 e. The Morgan fingerprint density at radius 3 is 2.53 bits per heavy atom. The topological polar surface area (TPSA) is 55.6 Å². The Kier molecular flexibility index (Phi) is 4.40. The van der Waals surface area contributed by atoms with Gasteiger partial charge in [-0.25, -0.2) is 0 Å². The lowest BCUT2D eigenvalue weighted by molar-refractivity contribution is 0.102. The highest BCUT2D eigenvalue weighted by molar-refractivity contribution is 7.19. The molecule has 0 unspecified atom stereocenters. The summed E-state index contributed by atoms with van der Waals surface area (Å²) in [5.74, 6) is 0.622. The van der Waals surface area contributed by atoms with Gasteiger partial charge in [0.15, 0.2) is 11.5 Å². The van der Waals surface area contributed by atoms with Crippen LogP contribution in [0.15, 0.2) is 0 Å². The highest BCUT2D eigenvalue weighted by Gasteiger charge is 2.22. The molecule has 0 aliphatic heterocycles. The molecular weight excluding hydrogens is 236 g/mol. The Bertz CT molecular complexity index is 413. The predicted molar refractivity (Wildman–Crippen MR) is 73.4 cm³/mol. The molecule has 2 N–H and O–H groups in total. The summed E-state index contributed by atoms with van der Waals surface area (Å²) in [4.78, 5) is 14.1. The molecule has 4 nitrogen and oxygen atoms in total.